The summed E-state index contributed by atoms with van der Waals surface area (Å²) in [5, 5.41) is 0. The highest BCUT2D eigenvalue weighted by Gasteiger charge is 2.21. The third-order valence-corrected chi connectivity index (χ3v) is 4.28. The quantitative estimate of drug-likeness (QED) is 0.507. The Morgan fingerprint density at radius 2 is 1.74 bits per heavy atom. The van der Waals surface area contributed by atoms with Gasteiger partial charge in [0.1, 0.15) is 0 Å². The number of carbonyl (C=O) groups is 1. The summed E-state index contributed by atoms with van der Waals surface area (Å²) in [5.74, 6) is 0.666. The smallest absolute Gasteiger partial charge is 0.165 e. The van der Waals surface area contributed by atoms with E-state index in [4.69, 9.17) is 0 Å². The summed E-state index contributed by atoms with van der Waals surface area (Å²) >= 11 is 0. The van der Waals surface area contributed by atoms with E-state index in [0.29, 0.717) is 11.7 Å². The van der Waals surface area contributed by atoms with Crippen molar-refractivity contribution in [2.45, 2.75) is 64.7 Å². The van der Waals surface area contributed by atoms with Gasteiger partial charge >= 0.3 is 0 Å². The molecule has 0 radical (unpaired) electrons. The molecule has 1 aromatic carbocycles. The summed E-state index contributed by atoms with van der Waals surface area (Å²) in [6.45, 7) is 2.23. The summed E-state index contributed by atoms with van der Waals surface area (Å²) in [5.41, 5.74) is 2.29. The van der Waals surface area contributed by atoms with Crippen LogP contribution in [0.25, 0.3) is 0 Å². The van der Waals surface area contributed by atoms with Gasteiger partial charge in [0.2, 0.25) is 0 Å². The molecule has 0 spiro atoms. The van der Waals surface area contributed by atoms with Gasteiger partial charge in [-0.3, -0.25) is 4.79 Å². The van der Waals surface area contributed by atoms with Gasteiger partial charge in [-0.25, -0.2) is 0 Å². The van der Waals surface area contributed by atoms with Crippen LogP contribution in [0.1, 0.15) is 74.2 Å². The van der Waals surface area contributed by atoms with Crippen LogP contribution in [0, 0.1) is 5.92 Å². The second-order valence-corrected chi connectivity index (χ2v) is 5.85. The van der Waals surface area contributed by atoms with Gasteiger partial charge in [-0.2, -0.15) is 0 Å². The van der Waals surface area contributed by atoms with Crippen LogP contribution in [0.4, 0.5) is 0 Å². The maximum absolute atomic E-state index is 12.4. The number of benzene rings is 1. The van der Waals surface area contributed by atoms with Crippen molar-refractivity contribution in [3.05, 3.63) is 35.4 Å². The van der Waals surface area contributed by atoms with Crippen molar-refractivity contribution < 1.29 is 4.79 Å². The Kier molecular flexibility index (Phi) is 5.62. The molecule has 0 atom stereocenters. The van der Waals surface area contributed by atoms with Crippen molar-refractivity contribution in [2.75, 3.05) is 0 Å². The predicted octanol–water partition coefficient (Wildman–Crippen LogP) is 5.18. The standard InChI is InChI=1S/C18H26O/c1-2-3-5-8-15-11-13-17(14-12-15)18(19)16-9-6-4-7-10-16/h11-14,16H,2-10H2,1H3. The van der Waals surface area contributed by atoms with Crippen LogP contribution in [-0.2, 0) is 6.42 Å². The molecule has 1 aromatic rings. The lowest BCUT2D eigenvalue weighted by molar-refractivity contribution is 0.0889. The van der Waals surface area contributed by atoms with E-state index in [1.807, 2.05) is 12.1 Å². The average Bonchev–Trinajstić information content (AvgIpc) is 2.48. The van der Waals surface area contributed by atoms with Crippen LogP contribution in [0.15, 0.2) is 24.3 Å². The summed E-state index contributed by atoms with van der Waals surface area (Å²) in [6.07, 6.45) is 10.9. The molecule has 1 aliphatic rings. The Morgan fingerprint density at radius 1 is 1.05 bits per heavy atom. The van der Waals surface area contributed by atoms with E-state index >= 15 is 0 Å². The fourth-order valence-corrected chi connectivity index (χ4v) is 3.02. The number of rotatable bonds is 6. The molecule has 0 aromatic heterocycles. The van der Waals surface area contributed by atoms with Gasteiger partial charge in [-0.15, -0.1) is 0 Å². The largest absolute Gasteiger partial charge is 0.294 e. The molecule has 1 heteroatoms. The van der Waals surface area contributed by atoms with E-state index in [-0.39, 0.29) is 0 Å². The van der Waals surface area contributed by atoms with Crippen molar-refractivity contribution in [1.82, 2.24) is 0 Å². The second kappa shape index (κ2) is 7.47. The van der Waals surface area contributed by atoms with E-state index in [1.165, 1.54) is 44.1 Å². The monoisotopic (exact) mass is 258 g/mol. The molecular formula is C18H26O. The fourth-order valence-electron chi connectivity index (χ4n) is 3.02. The SMILES string of the molecule is CCCCCc1ccc(C(=O)C2CCCCC2)cc1. The summed E-state index contributed by atoms with van der Waals surface area (Å²) < 4.78 is 0. The first-order valence-corrected chi connectivity index (χ1v) is 7.94. The number of hydrogen-bond donors (Lipinski definition) is 0. The Bertz CT molecular complexity index is 385. The lowest BCUT2D eigenvalue weighted by Crippen LogP contribution is -2.17. The molecule has 1 fully saturated rings. The number of Topliss-reactive ketones (excluding diaryl/α,β-unsaturated/α-hetero) is 1. The van der Waals surface area contributed by atoms with E-state index in [0.717, 1.165) is 24.8 Å². The minimum atomic E-state index is 0.291. The van der Waals surface area contributed by atoms with Gasteiger partial charge in [0.25, 0.3) is 0 Å². The van der Waals surface area contributed by atoms with Gasteiger partial charge in [-0.1, -0.05) is 63.3 Å². The highest BCUT2D eigenvalue weighted by molar-refractivity contribution is 5.97. The van der Waals surface area contributed by atoms with Crippen LogP contribution in [0.3, 0.4) is 0 Å². The van der Waals surface area contributed by atoms with E-state index in [9.17, 15) is 4.79 Å². The van der Waals surface area contributed by atoms with Gasteiger partial charge in [0.05, 0.1) is 0 Å². The number of carbonyl (C=O) groups excluding carboxylic acids is 1. The molecule has 2 rings (SSSR count). The van der Waals surface area contributed by atoms with E-state index in [1.54, 1.807) is 0 Å². The zero-order valence-electron chi connectivity index (χ0n) is 12.2. The molecule has 0 amide bonds. The van der Waals surface area contributed by atoms with Crippen LogP contribution in [-0.4, -0.2) is 5.78 Å². The zero-order chi connectivity index (χ0) is 13.5. The van der Waals surface area contributed by atoms with Crippen LogP contribution in [0.5, 0.6) is 0 Å². The zero-order valence-corrected chi connectivity index (χ0v) is 12.2. The lowest BCUT2D eigenvalue weighted by atomic mass is 9.84. The van der Waals surface area contributed by atoms with Crippen LogP contribution < -0.4 is 0 Å². The lowest BCUT2D eigenvalue weighted by Gasteiger charge is -2.20. The van der Waals surface area contributed by atoms with Crippen molar-refractivity contribution in [3.8, 4) is 0 Å². The molecule has 1 saturated carbocycles. The van der Waals surface area contributed by atoms with Gasteiger partial charge < -0.3 is 0 Å². The Morgan fingerprint density at radius 3 is 2.37 bits per heavy atom. The Balaban J connectivity index is 1.91. The molecule has 0 bridgehead atoms. The van der Waals surface area contributed by atoms with Crippen molar-refractivity contribution in [2.24, 2.45) is 5.92 Å². The third-order valence-electron chi connectivity index (χ3n) is 4.28. The molecule has 0 N–H and O–H groups in total. The van der Waals surface area contributed by atoms with Crippen molar-refractivity contribution in [1.29, 1.82) is 0 Å². The van der Waals surface area contributed by atoms with Crippen LogP contribution in [0.2, 0.25) is 0 Å². The first kappa shape index (κ1) is 14.3. The third kappa shape index (κ3) is 4.19. The van der Waals surface area contributed by atoms with E-state index < -0.39 is 0 Å². The Hall–Kier alpha value is -1.11. The van der Waals surface area contributed by atoms with Gasteiger partial charge in [0, 0.05) is 11.5 Å². The van der Waals surface area contributed by atoms with Gasteiger partial charge in [0.15, 0.2) is 5.78 Å². The molecule has 1 aliphatic carbocycles. The Labute approximate surface area is 117 Å². The average molecular weight is 258 g/mol. The first-order valence-electron chi connectivity index (χ1n) is 7.94. The number of hydrogen-bond acceptors (Lipinski definition) is 1. The summed E-state index contributed by atoms with van der Waals surface area (Å²) in [6, 6.07) is 8.37. The maximum atomic E-state index is 12.4. The molecule has 1 nitrogen and oxygen atoms in total. The van der Waals surface area contributed by atoms with Crippen molar-refractivity contribution >= 4 is 5.78 Å². The molecule has 19 heavy (non-hydrogen) atoms. The molecule has 0 aliphatic heterocycles. The normalized spacial score (nSPS) is 16.5. The minimum absolute atomic E-state index is 0.291. The molecule has 0 heterocycles. The second-order valence-electron chi connectivity index (χ2n) is 5.85. The highest BCUT2D eigenvalue weighted by Crippen LogP contribution is 2.27. The molecule has 0 saturated heterocycles. The first-order chi connectivity index (χ1) is 9.31. The highest BCUT2D eigenvalue weighted by atomic mass is 16.1. The number of ketones is 1. The van der Waals surface area contributed by atoms with Gasteiger partial charge in [-0.05, 0) is 31.2 Å². The predicted molar refractivity (Wildman–Crippen MR) is 80.6 cm³/mol. The minimum Gasteiger partial charge on any atom is -0.294 e. The molecule has 104 valence electrons. The molecular weight excluding hydrogens is 232 g/mol. The fraction of sp³-hybridized carbons (Fsp3) is 0.611. The van der Waals surface area contributed by atoms with Crippen molar-refractivity contribution in [3.63, 3.8) is 0 Å². The number of aryl methyl sites for hydroxylation is 1. The van der Waals surface area contributed by atoms with Crippen LogP contribution >= 0.6 is 0 Å². The number of unbranched alkanes of at least 4 members (excludes halogenated alkanes) is 2. The topological polar surface area (TPSA) is 17.1 Å². The summed E-state index contributed by atoms with van der Waals surface area (Å²) in [7, 11) is 0. The maximum Gasteiger partial charge on any atom is 0.165 e. The summed E-state index contributed by atoms with van der Waals surface area (Å²) in [4.78, 5) is 12.4. The molecule has 0 unspecified atom stereocenters. The van der Waals surface area contributed by atoms with E-state index in [2.05, 4.69) is 19.1 Å².